The number of aromatic nitrogens is 2. The number of aromatic amines is 1. The second kappa shape index (κ2) is 10.1. The van der Waals surface area contributed by atoms with Crippen LogP contribution in [0.4, 0.5) is 5.69 Å². The van der Waals surface area contributed by atoms with Gasteiger partial charge in [-0.1, -0.05) is 84.9 Å². The van der Waals surface area contributed by atoms with Crippen LogP contribution in [0.1, 0.15) is 21.6 Å². The number of para-hydroxylation sites is 1. The molecule has 0 saturated heterocycles. The predicted molar refractivity (Wildman–Crippen MR) is 141 cm³/mol. The Balaban J connectivity index is 1.42. The number of amides is 1. The van der Waals surface area contributed by atoms with Crippen LogP contribution in [-0.4, -0.2) is 21.0 Å². The molecule has 0 bridgehead atoms. The van der Waals surface area contributed by atoms with Gasteiger partial charge in [-0.3, -0.25) is 9.59 Å². The Hall–Kier alpha value is -4.91. The third-order valence-corrected chi connectivity index (χ3v) is 5.94. The summed E-state index contributed by atoms with van der Waals surface area (Å²) in [4.78, 5) is 32.2. The Morgan fingerprint density at radius 3 is 2.42 bits per heavy atom. The van der Waals surface area contributed by atoms with Crippen LogP contribution in [0.15, 0.2) is 102 Å². The van der Waals surface area contributed by atoms with Crippen LogP contribution in [0.2, 0.25) is 0 Å². The molecule has 4 aromatic carbocycles. The Morgan fingerprint density at radius 2 is 1.56 bits per heavy atom. The molecule has 0 unspecified atom stereocenters. The highest BCUT2D eigenvalue weighted by Gasteiger charge is 2.19. The minimum atomic E-state index is -0.784. The van der Waals surface area contributed by atoms with E-state index in [0.717, 1.165) is 27.6 Å². The van der Waals surface area contributed by atoms with E-state index in [1.54, 1.807) is 6.07 Å². The van der Waals surface area contributed by atoms with E-state index in [1.165, 1.54) is 0 Å². The van der Waals surface area contributed by atoms with E-state index in [1.807, 2.05) is 66.7 Å². The van der Waals surface area contributed by atoms with Gasteiger partial charge in [-0.15, -0.1) is 0 Å². The maximum atomic E-state index is 12.8. The van der Waals surface area contributed by atoms with Crippen LogP contribution in [-0.2, 0) is 13.1 Å². The molecule has 0 aliphatic heterocycles. The summed E-state index contributed by atoms with van der Waals surface area (Å²) in [7, 11) is 0. The molecular formula is C29H24N4O3. The van der Waals surface area contributed by atoms with Gasteiger partial charge in [-0.2, -0.15) is 0 Å². The fourth-order valence-corrected chi connectivity index (χ4v) is 4.10. The fourth-order valence-electron chi connectivity index (χ4n) is 4.10. The number of carbonyl (C=O) groups is 1. The van der Waals surface area contributed by atoms with Crippen molar-refractivity contribution < 1.29 is 9.90 Å². The summed E-state index contributed by atoms with van der Waals surface area (Å²) in [5.74, 6) is -1.17. The van der Waals surface area contributed by atoms with E-state index in [0.29, 0.717) is 12.1 Å². The fraction of sp³-hybridized carbons (Fsp3) is 0.0690. The number of anilines is 1. The highest BCUT2D eigenvalue weighted by molar-refractivity contribution is 5.95. The van der Waals surface area contributed by atoms with E-state index in [9.17, 15) is 14.7 Å². The number of rotatable bonds is 7. The number of hydrogen-bond acceptors (Lipinski definition) is 5. The van der Waals surface area contributed by atoms with Crippen molar-refractivity contribution in [1.29, 1.82) is 0 Å². The van der Waals surface area contributed by atoms with Crippen LogP contribution in [0.5, 0.6) is 5.75 Å². The van der Waals surface area contributed by atoms with Crippen LogP contribution in [0, 0.1) is 0 Å². The van der Waals surface area contributed by atoms with E-state index < -0.39 is 17.2 Å². The quantitative estimate of drug-likeness (QED) is 0.269. The van der Waals surface area contributed by atoms with Gasteiger partial charge in [0, 0.05) is 24.3 Å². The molecule has 0 aliphatic carbocycles. The molecule has 0 fully saturated rings. The lowest BCUT2D eigenvalue weighted by atomic mass is 10.0. The van der Waals surface area contributed by atoms with E-state index in [4.69, 9.17) is 0 Å². The van der Waals surface area contributed by atoms with E-state index in [2.05, 4.69) is 44.9 Å². The third-order valence-electron chi connectivity index (χ3n) is 5.94. The molecule has 0 radical (unpaired) electrons. The maximum Gasteiger partial charge on any atom is 0.294 e. The van der Waals surface area contributed by atoms with Gasteiger partial charge >= 0.3 is 0 Å². The summed E-state index contributed by atoms with van der Waals surface area (Å²) in [6.45, 7) is 0.789. The second-order valence-electron chi connectivity index (χ2n) is 8.32. The first-order chi connectivity index (χ1) is 17.6. The molecule has 1 aromatic heterocycles. The van der Waals surface area contributed by atoms with Crippen LogP contribution < -0.4 is 16.2 Å². The standard InChI is InChI=1S/C29H24N4O3/c34-26-25(28(35)31-17-19-9-2-1-3-10-19)32-27(33-29(26)36)23-15-6-7-16-24(23)30-18-21-13-8-12-20-11-4-5-14-22(20)21/h1-16,30,34H,17-18H2,(H,31,35)(H,32,33,36). The van der Waals surface area contributed by atoms with Crippen molar-refractivity contribution in [2.24, 2.45) is 0 Å². The zero-order valence-electron chi connectivity index (χ0n) is 19.4. The first-order valence-electron chi connectivity index (χ1n) is 11.6. The Kier molecular flexibility index (Phi) is 6.44. The van der Waals surface area contributed by atoms with Crippen LogP contribution >= 0.6 is 0 Å². The van der Waals surface area contributed by atoms with Crippen molar-refractivity contribution in [2.45, 2.75) is 13.1 Å². The average Bonchev–Trinajstić information content (AvgIpc) is 2.92. The molecule has 0 atom stereocenters. The SMILES string of the molecule is O=C(NCc1ccccc1)c1nc(-c2ccccc2NCc2cccc3ccccc23)[nH]c(=O)c1O. The van der Waals surface area contributed by atoms with Crippen molar-refractivity contribution in [3.63, 3.8) is 0 Å². The van der Waals surface area contributed by atoms with Crippen molar-refractivity contribution >= 4 is 22.4 Å². The summed E-state index contributed by atoms with van der Waals surface area (Å²) in [5.41, 5.74) is 2.23. The van der Waals surface area contributed by atoms with Gasteiger partial charge in [-0.05, 0) is 34.0 Å². The van der Waals surface area contributed by atoms with Crippen LogP contribution in [0.25, 0.3) is 22.2 Å². The van der Waals surface area contributed by atoms with Gasteiger partial charge in [0.2, 0.25) is 5.75 Å². The summed E-state index contributed by atoms with van der Waals surface area (Å²) in [6.07, 6.45) is 0. The molecule has 4 N–H and O–H groups in total. The maximum absolute atomic E-state index is 12.8. The molecular weight excluding hydrogens is 452 g/mol. The third kappa shape index (κ3) is 4.81. The number of aromatic hydroxyl groups is 1. The zero-order chi connectivity index (χ0) is 24.9. The van der Waals surface area contributed by atoms with Crippen molar-refractivity contribution in [3.8, 4) is 17.1 Å². The molecule has 0 saturated carbocycles. The monoisotopic (exact) mass is 476 g/mol. The largest absolute Gasteiger partial charge is 0.501 e. The van der Waals surface area contributed by atoms with Gasteiger partial charge in [0.1, 0.15) is 5.82 Å². The molecule has 7 heteroatoms. The lowest BCUT2D eigenvalue weighted by Gasteiger charge is -2.14. The first kappa shape index (κ1) is 22.9. The van der Waals surface area contributed by atoms with E-state index in [-0.39, 0.29) is 18.1 Å². The van der Waals surface area contributed by atoms with Crippen molar-refractivity contribution in [3.05, 3.63) is 124 Å². The summed E-state index contributed by atoms with van der Waals surface area (Å²) in [6, 6.07) is 31.0. The predicted octanol–water partition coefficient (Wildman–Crippen LogP) is 4.84. The Labute approximate surface area is 207 Å². The molecule has 5 aromatic rings. The summed E-state index contributed by atoms with van der Waals surface area (Å²) in [5, 5.41) is 18.7. The highest BCUT2D eigenvalue weighted by atomic mass is 16.3. The minimum absolute atomic E-state index is 0.184. The van der Waals surface area contributed by atoms with Gasteiger partial charge in [0.15, 0.2) is 5.69 Å². The summed E-state index contributed by atoms with van der Waals surface area (Å²) < 4.78 is 0. The zero-order valence-corrected chi connectivity index (χ0v) is 19.4. The molecule has 1 heterocycles. The topological polar surface area (TPSA) is 107 Å². The Morgan fingerprint density at radius 1 is 0.833 bits per heavy atom. The van der Waals surface area contributed by atoms with Gasteiger partial charge in [-0.25, -0.2) is 4.98 Å². The van der Waals surface area contributed by atoms with E-state index >= 15 is 0 Å². The lowest BCUT2D eigenvalue weighted by Crippen LogP contribution is -2.26. The number of nitrogens with zero attached hydrogens (tertiary/aromatic N) is 1. The first-order valence-corrected chi connectivity index (χ1v) is 11.6. The molecule has 0 spiro atoms. The number of fused-ring (bicyclic) bond motifs is 1. The van der Waals surface area contributed by atoms with Crippen molar-refractivity contribution in [1.82, 2.24) is 15.3 Å². The minimum Gasteiger partial charge on any atom is -0.501 e. The molecule has 178 valence electrons. The molecule has 36 heavy (non-hydrogen) atoms. The van der Waals surface area contributed by atoms with Crippen molar-refractivity contribution in [2.75, 3.05) is 5.32 Å². The number of nitrogens with one attached hydrogen (secondary N) is 3. The number of benzene rings is 4. The molecule has 7 nitrogen and oxygen atoms in total. The number of H-pyrrole nitrogens is 1. The Bertz CT molecular complexity index is 1590. The molecule has 0 aliphatic rings. The number of carbonyl (C=O) groups excluding carboxylic acids is 1. The van der Waals surface area contributed by atoms with Gasteiger partial charge in [0.05, 0.1) is 0 Å². The molecule has 1 amide bonds. The normalized spacial score (nSPS) is 10.8. The van der Waals surface area contributed by atoms with Gasteiger partial charge in [0.25, 0.3) is 11.5 Å². The highest BCUT2D eigenvalue weighted by Crippen LogP contribution is 2.27. The van der Waals surface area contributed by atoms with Gasteiger partial charge < -0.3 is 20.7 Å². The lowest BCUT2D eigenvalue weighted by molar-refractivity contribution is 0.0942. The number of hydrogen-bond donors (Lipinski definition) is 4. The smallest absolute Gasteiger partial charge is 0.294 e. The second-order valence-corrected chi connectivity index (χ2v) is 8.32. The average molecular weight is 477 g/mol. The van der Waals surface area contributed by atoms with Crippen LogP contribution in [0.3, 0.4) is 0 Å². The summed E-state index contributed by atoms with van der Waals surface area (Å²) >= 11 is 0. The molecule has 5 rings (SSSR count).